The van der Waals surface area contributed by atoms with Crippen molar-refractivity contribution in [2.24, 2.45) is 0 Å². The highest BCUT2D eigenvalue weighted by atomic mass is 16.5. The number of aromatic hydroxyl groups is 1. The maximum atomic E-state index is 9.78. The molecule has 0 fully saturated rings. The van der Waals surface area contributed by atoms with E-state index < -0.39 is 0 Å². The van der Waals surface area contributed by atoms with E-state index in [2.05, 4.69) is 0 Å². The Kier molecular flexibility index (Phi) is 4.30. The molecule has 0 unspecified atom stereocenters. The van der Waals surface area contributed by atoms with Gasteiger partial charge in [0.05, 0.1) is 27.9 Å². The fourth-order valence-corrected chi connectivity index (χ4v) is 2.91. The molecule has 0 bridgehead atoms. The van der Waals surface area contributed by atoms with Gasteiger partial charge in [-0.25, -0.2) is 0 Å². The minimum absolute atomic E-state index is 0.111. The van der Waals surface area contributed by atoms with Crippen molar-refractivity contribution in [2.75, 3.05) is 27.9 Å². The number of phenols is 1. The quantitative estimate of drug-likeness (QED) is 0.939. The van der Waals surface area contributed by atoms with E-state index in [1.165, 1.54) is 12.7 Å². The molecular formula is C18H20O5. The minimum Gasteiger partial charge on any atom is -0.504 e. The van der Waals surface area contributed by atoms with Gasteiger partial charge in [0.15, 0.2) is 23.0 Å². The number of hydrogen-bond donors (Lipinski definition) is 1. The molecule has 0 aromatic heterocycles. The SMILES string of the molecule is COc1cc([C@@H]2OCCc3cc(OC)c(OC)cc32)ccc1O. The third-order valence-corrected chi connectivity index (χ3v) is 4.09. The summed E-state index contributed by atoms with van der Waals surface area (Å²) in [5.41, 5.74) is 3.14. The number of methoxy groups -OCH3 is 3. The fourth-order valence-electron chi connectivity index (χ4n) is 2.91. The molecule has 0 spiro atoms. The Bertz CT molecular complexity index is 711. The first-order valence-electron chi connectivity index (χ1n) is 7.41. The number of rotatable bonds is 4. The summed E-state index contributed by atoms with van der Waals surface area (Å²) >= 11 is 0. The van der Waals surface area contributed by atoms with E-state index in [1.54, 1.807) is 26.4 Å². The van der Waals surface area contributed by atoms with Crippen molar-refractivity contribution >= 4 is 0 Å². The molecule has 1 N–H and O–H groups in total. The molecule has 1 aliphatic rings. The summed E-state index contributed by atoms with van der Waals surface area (Å²) in [4.78, 5) is 0. The second kappa shape index (κ2) is 6.38. The minimum atomic E-state index is -0.229. The topological polar surface area (TPSA) is 57.2 Å². The third kappa shape index (κ3) is 2.80. The number of phenolic OH excluding ortho intramolecular Hbond substituents is 1. The Morgan fingerprint density at radius 3 is 2.35 bits per heavy atom. The molecule has 2 aromatic rings. The largest absolute Gasteiger partial charge is 0.504 e. The molecule has 1 atom stereocenters. The van der Waals surface area contributed by atoms with E-state index in [0.29, 0.717) is 18.1 Å². The highest BCUT2D eigenvalue weighted by molar-refractivity contribution is 5.52. The number of hydrogen-bond acceptors (Lipinski definition) is 5. The molecule has 5 nitrogen and oxygen atoms in total. The van der Waals surface area contributed by atoms with Crippen LogP contribution in [0, 0.1) is 0 Å². The lowest BCUT2D eigenvalue weighted by molar-refractivity contribution is 0.0693. The Balaban J connectivity index is 2.07. The Morgan fingerprint density at radius 2 is 1.65 bits per heavy atom. The first kappa shape index (κ1) is 15.5. The summed E-state index contributed by atoms with van der Waals surface area (Å²) in [6.45, 7) is 0.621. The molecule has 0 saturated heterocycles. The van der Waals surface area contributed by atoms with Gasteiger partial charge in [-0.15, -0.1) is 0 Å². The lowest BCUT2D eigenvalue weighted by atomic mass is 9.92. The third-order valence-electron chi connectivity index (χ3n) is 4.09. The summed E-state index contributed by atoms with van der Waals surface area (Å²) < 4.78 is 21.9. The van der Waals surface area contributed by atoms with Crippen LogP contribution in [0.5, 0.6) is 23.0 Å². The highest BCUT2D eigenvalue weighted by Crippen LogP contribution is 2.41. The average Bonchev–Trinajstić information content (AvgIpc) is 2.60. The van der Waals surface area contributed by atoms with Crippen LogP contribution in [0.15, 0.2) is 30.3 Å². The van der Waals surface area contributed by atoms with Crippen LogP contribution >= 0.6 is 0 Å². The van der Waals surface area contributed by atoms with Crippen LogP contribution in [-0.2, 0) is 11.2 Å². The average molecular weight is 316 g/mol. The Hall–Kier alpha value is -2.40. The van der Waals surface area contributed by atoms with Crippen molar-refractivity contribution in [3.05, 3.63) is 47.0 Å². The van der Waals surface area contributed by atoms with Crippen molar-refractivity contribution in [2.45, 2.75) is 12.5 Å². The van der Waals surface area contributed by atoms with Crippen LogP contribution in [0.1, 0.15) is 22.8 Å². The summed E-state index contributed by atoms with van der Waals surface area (Å²) in [7, 11) is 4.78. The predicted octanol–water partition coefficient (Wildman–Crippen LogP) is 3.08. The van der Waals surface area contributed by atoms with Gasteiger partial charge in [0, 0.05) is 0 Å². The van der Waals surface area contributed by atoms with Crippen LogP contribution in [0.3, 0.4) is 0 Å². The standard InChI is InChI=1S/C18H20O5/c1-20-15-9-12(4-5-14(15)19)18-13-10-17(22-3)16(21-2)8-11(13)6-7-23-18/h4-5,8-10,18-19H,6-7H2,1-3H3/t18-/m0/s1. The number of benzene rings is 2. The molecular weight excluding hydrogens is 296 g/mol. The molecule has 2 aromatic carbocycles. The van der Waals surface area contributed by atoms with Gasteiger partial charge >= 0.3 is 0 Å². The summed E-state index contributed by atoms with van der Waals surface area (Å²) in [5.74, 6) is 1.93. The van der Waals surface area contributed by atoms with E-state index in [1.807, 2.05) is 18.2 Å². The molecule has 0 aliphatic carbocycles. The first-order valence-corrected chi connectivity index (χ1v) is 7.41. The number of fused-ring (bicyclic) bond motifs is 1. The van der Waals surface area contributed by atoms with Gasteiger partial charge in [-0.2, -0.15) is 0 Å². The zero-order valence-corrected chi connectivity index (χ0v) is 13.5. The highest BCUT2D eigenvalue weighted by Gasteiger charge is 2.25. The molecule has 5 heteroatoms. The molecule has 23 heavy (non-hydrogen) atoms. The van der Waals surface area contributed by atoms with Gasteiger partial charge in [0.2, 0.25) is 0 Å². The monoisotopic (exact) mass is 316 g/mol. The second-order valence-electron chi connectivity index (χ2n) is 5.34. The molecule has 1 aliphatic heterocycles. The molecule has 122 valence electrons. The van der Waals surface area contributed by atoms with Crippen LogP contribution in [-0.4, -0.2) is 33.0 Å². The van der Waals surface area contributed by atoms with Gasteiger partial charge < -0.3 is 24.1 Å². The van der Waals surface area contributed by atoms with Gasteiger partial charge in [0.1, 0.15) is 6.10 Å². The smallest absolute Gasteiger partial charge is 0.161 e. The van der Waals surface area contributed by atoms with Gasteiger partial charge in [0.25, 0.3) is 0 Å². The van der Waals surface area contributed by atoms with Gasteiger partial charge in [-0.1, -0.05) is 6.07 Å². The van der Waals surface area contributed by atoms with Crippen molar-refractivity contribution in [1.82, 2.24) is 0 Å². The zero-order chi connectivity index (χ0) is 16.4. The van der Waals surface area contributed by atoms with Crippen molar-refractivity contribution in [3.63, 3.8) is 0 Å². The first-order chi connectivity index (χ1) is 11.2. The molecule has 0 amide bonds. The lowest BCUT2D eigenvalue weighted by Gasteiger charge is -2.28. The van der Waals surface area contributed by atoms with E-state index in [-0.39, 0.29) is 11.9 Å². The zero-order valence-electron chi connectivity index (χ0n) is 13.5. The van der Waals surface area contributed by atoms with Crippen LogP contribution in [0.2, 0.25) is 0 Å². The van der Waals surface area contributed by atoms with E-state index in [9.17, 15) is 5.11 Å². The maximum Gasteiger partial charge on any atom is 0.161 e. The van der Waals surface area contributed by atoms with Crippen molar-refractivity contribution in [3.8, 4) is 23.0 Å². The van der Waals surface area contributed by atoms with Gasteiger partial charge in [-0.3, -0.25) is 0 Å². The maximum absolute atomic E-state index is 9.78. The Labute approximate surface area is 135 Å². The normalized spacial score (nSPS) is 16.6. The molecule has 3 rings (SSSR count). The lowest BCUT2D eigenvalue weighted by Crippen LogP contribution is -2.17. The van der Waals surface area contributed by atoms with Gasteiger partial charge in [-0.05, 0) is 47.4 Å². The second-order valence-corrected chi connectivity index (χ2v) is 5.34. The van der Waals surface area contributed by atoms with Crippen LogP contribution in [0.25, 0.3) is 0 Å². The fraction of sp³-hybridized carbons (Fsp3) is 0.333. The van der Waals surface area contributed by atoms with E-state index in [0.717, 1.165) is 23.3 Å². The molecule has 0 radical (unpaired) electrons. The molecule has 0 saturated carbocycles. The van der Waals surface area contributed by atoms with E-state index >= 15 is 0 Å². The molecule has 1 heterocycles. The van der Waals surface area contributed by atoms with E-state index in [4.69, 9.17) is 18.9 Å². The summed E-state index contributed by atoms with van der Waals surface area (Å²) in [5, 5.41) is 9.78. The van der Waals surface area contributed by atoms with Crippen molar-refractivity contribution in [1.29, 1.82) is 0 Å². The van der Waals surface area contributed by atoms with Crippen molar-refractivity contribution < 1.29 is 24.1 Å². The summed E-state index contributed by atoms with van der Waals surface area (Å²) in [6, 6.07) is 9.21. The predicted molar refractivity (Wildman–Crippen MR) is 85.7 cm³/mol. The number of ether oxygens (including phenoxy) is 4. The Morgan fingerprint density at radius 1 is 0.957 bits per heavy atom. The summed E-state index contributed by atoms with van der Waals surface area (Å²) in [6.07, 6.45) is 0.592. The van der Waals surface area contributed by atoms with Crippen LogP contribution < -0.4 is 14.2 Å². The van der Waals surface area contributed by atoms with Crippen LogP contribution in [0.4, 0.5) is 0 Å².